The van der Waals surface area contributed by atoms with Crippen LogP contribution >= 0.6 is 0 Å². The highest BCUT2D eigenvalue weighted by atomic mass is 16.5. The molecule has 0 saturated heterocycles. The summed E-state index contributed by atoms with van der Waals surface area (Å²) in [5.74, 6) is 0.755. The van der Waals surface area contributed by atoms with Crippen LogP contribution in [0.5, 0.6) is 11.5 Å². The molecule has 0 aliphatic carbocycles. The number of hydrogen-bond acceptors (Lipinski definition) is 2. The number of aromatic hydroxyl groups is 1. The lowest BCUT2D eigenvalue weighted by atomic mass is 10.2. The predicted octanol–water partition coefficient (Wildman–Crippen LogP) is 1.71. The third-order valence-corrected chi connectivity index (χ3v) is 1.40. The lowest BCUT2D eigenvalue weighted by Gasteiger charge is -2.04. The lowest BCUT2D eigenvalue weighted by Crippen LogP contribution is -1.86. The average Bonchev–Trinajstić information content (AvgIpc) is 1.88. The molecule has 0 fully saturated rings. The highest BCUT2D eigenvalue weighted by Crippen LogP contribution is 2.28. The van der Waals surface area contributed by atoms with Gasteiger partial charge in [0.1, 0.15) is 0 Å². The minimum Gasteiger partial charge on any atom is -0.504 e. The van der Waals surface area contributed by atoms with E-state index < -0.39 is 0 Å². The zero-order valence-electron chi connectivity index (χ0n) is 6.09. The first-order valence-electron chi connectivity index (χ1n) is 3.08. The number of rotatable bonds is 1. The van der Waals surface area contributed by atoms with Gasteiger partial charge in [0.05, 0.1) is 7.11 Å². The first-order chi connectivity index (χ1) is 4.75. The SMILES string of the molecule is COc1c(C)cccc1O. The summed E-state index contributed by atoms with van der Waals surface area (Å²) >= 11 is 0. The normalized spacial score (nSPS) is 9.40. The van der Waals surface area contributed by atoms with Gasteiger partial charge in [0, 0.05) is 0 Å². The molecule has 1 rings (SSSR count). The standard InChI is InChI=1S/C8H10O2/c1-6-4-3-5-7(9)8(6)10-2/h3-5,9H,1-2H3. The molecule has 1 aromatic carbocycles. The van der Waals surface area contributed by atoms with Crippen LogP contribution in [0.15, 0.2) is 18.2 Å². The van der Waals surface area contributed by atoms with Crippen LogP contribution in [0.25, 0.3) is 0 Å². The first-order valence-corrected chi connectivity index (χ1v) is 3.08. The van der Waals surface area contributed by atoms with Crippen LogP contribution in [-0.2, 0) is 0 Å². The van der Waals surface area contributed by atoms with E-state index in [9.17, 15) is 0 Å². The molecule has 0 bridgehead atoms. The molecule has 1 N–H and O–H groups in total. The lowest BCUT2D eigenvalue weighted by molar-refractivity contribution is 0.371. The number of benzene rings is 1. The molecule has 0 amide bonds. The fourth-order valence-corrected chi connectivity index (χ4v) is 0.903. The van der Waals surface area contributed by atoms with Crippen molar-refractivity contribution in [3.8, 4) is 11.5 Å². The summed E-state index contributed by atoms with van der Waals surface area (Å²) < 4.78 is 4.93. The van der Waals surface area contributed by atoms with Crippen molar-refractivity contribution < 1.29 is 9.84 Å². The van der Waals surface area contributed by atoms with E-state index in [1.165, 1.54) is 0 Å². The van der Waals surface area contributed by atoms with Crippen molar-refractivity contribution in [3.05, 3.63) is 23.8 Å². The Balaban J connectivity index is 3.17. The summed E-state index contributed by atoms with van der Waals surface area (Å²) in [5, 5.41) is 9.17. The molecule has 0 heterocycles. The van der Waals surface area contributed by atoms with E-state index >= 15 is 0 Å². The highest BCUT2D eigenvalue weighted by Gasteiger charge is 2.01. The Kier molecular flexibility index (Phi) is 1.81. The maximum Gasteiger partial charge on any atom is 0.163 e. The van der Waals surface area contributed by atoms with Crippen molar-refractivity contribution in [1.82, 2.24) is 0 Å². The van der Waals surface area contributed by atoms with Gasteiger partial charge in [-0.3, -0.25) is 0 Å². The Morgan fingerprint density at radius 1 is 1.40 bits per heavy atom. The summed E-state index contributed by atoms with van der Waals surface area (Å²) in [4.78, 5) is 0. The number of methoxy groups -OCH3 is 1. The number of aryl methyl sites for hydroxylation is 1. The summed E-state index contributed by atoms with van der Waals surface area (Å²) in [7, 11) is 1.54. The fraction of sp³-hybridized carbons (Fsp3) is 0.250. The average molecular weight is 138 g/mol. The van der Waals surface area contributed by atoms with Crippen molar-refractivity contribution in [2.24, 2.45) is 0 Å². The van der Waals surface area contributed by atoms with E-state index in [0.29, 0.717) is 5.75 Å². The van der Waals surface area contributed by atoms with Gasteiger partial charge in [0.15, 0.2) is 11.5 Å². The molecule has 0 radical (unpaired) electrons. The molecular formula is C8H10O2. The van der Waals surface area contributed by atoms with Gasteiger partial charge in [-0.15, -0.1) is 0 Å². The van der Waals surface area contributed by atoms with Crippen LogP contribution < -0.4 is 4.74 Å². The van der Waals surface area contributed by atoms with Gasteiger partial charge in [-0.25, -0.2) is 0 Å². The van der Waals surface area contributed by atoms with Gasteiger partial charge in [-0.05, 0) is 18.6 Å². The third-order valence-electron chi connectivity index (χ3n) is 1.40. The topological polar surface area (TPSA) is 29.5 Å². The summed E-state index contributed by atoms with van der Waals surface area (Å²) in [6, 6.07) is 5.28. The van der Waals surface area contributed by atoms with Crippen LogP contribution in [0.4, 0.5) is 0 Å². The van der Waals surface area contributed by atoms with E-state index in [1.54, 1.807) is 19.2 Å². The second-order valence-corrected chi connectivity index (χ2v) is 2.13. The monoisotopic (exact) mass is 138 g/mol. The third kappa shape index (κ3) is 1.05. The van der Waals surface area contributed by atoms with Crippen molar-refractivity contribution >= 4 is 0 Å². The molecule has 0 aliphatic rings. The number of hydrogen-bond donors (Lipinski definition) is 1. The Morgan fingerprint density at radius 3 is 2.50 bits per heavy atom. The molecule has 2 heteroatoms. The Morgan fingerprint density at radius 2 is 2.10 bits per heavy atom. The molecule has 0 atom stereocenters. The van der Waals surface area contributed by atoms with Gasteiger partial charge in [0.2, 0.25) is 0 Å². The molecule has 0 saturated carbocycles. The molecule has 0 aromatic heterocycles. The van der Waals surface area contributed by atoms with Gasteiger partial charge in [0.25, 0.3) is 0 Å². The predicted molar refractivity (Wildman–Crippen MR) is 39.4 cm³/mol. The minimum atomic E-state index is 0.197. The number of phenolic OH excluding ortho intramolecular Hbond substituents is 1. The van der Waals surface area contributed by atoms with Crippen molar-refractivity contribution in [2.45, 2.75) is 6.92 Å². The van der Waals surface area contributed by atoms with Crippen LogP contribution in [0, 0.1) is 6.92 Å². The van der Waals surface area contributed by atoms with Crippen LogP contribution in [0.2, 0.25) is 0 Å². The molecule has 54 valence electrons. The maximum atomic E-state index is 9.17. The molecule has 0 unspecified atom stereocenters. The number of phenols is 1. The van der Waals surface area contributed by atoms with E-state index in [-0.39, 0.29) is 5.75 Å². The van der Waals surface area contributed by atoms with Crippen LogP contribution in [-0.4, -0.2) is 12.2 Å². The Labute approximate surface area is 60.1 Å². The smallest absolute Gasteiger partial charge is 0.163 e. The first kappa shape index (κ1) is 6.93. The van der Waals surface area contributed by atoms with E-state index in [1.807, 2.05) is 13.0 Å². The summed E-state index contributed by atoms with van der Waals surface area (Å²) in [5.41, 5.74) is 0.947. The molecule has 2 nitrogen and oxygen atoms in total. The Hall–Kier alpha value is -1.18. The zero-order valence-corrected chi connectivity index (χ0v) is 6.09. The Bertz CT molecular complexity index is 210. The van der Waals surface area contributed by atoms with Gasteiger partial charge >= 0.3 is 0 Å². The quantitative estimate of drug-likeness (QED) is 0.640. The summed E-state index contributed by atoms with van der Waals surface area (Å²) in [6.07, 6.45) is 0. The molecule has 0 aliphatic heterocycles. The fourth-order valence-electron chi connectivity index (χ4n) is 0.903. The van der Waals surface area contributed by atoms with Crippen molar-refractivity contribution in [2.75, 3.05) is 7.11 Å². The van der Waals surface area contributed by atoms with Crippen molar-refractivity contribution in [3.63, 3.8) is 0 Å². The number of para-hydroxylation sites is 1. The molecular weight excluding hydrogens is 128 g/mol. The number of ether oxygens (including phenoxy) is 1. The summed E-state index contributed by atoms with van der Waals surface area (Å²) in [6.45, 7) is 1.89. The molecule has 0 spiro atoms. The highest BCUT2D eigenvalue weighted by molar-refractivity contribution is 5.44. The van der Waals surface area contributed by atoms with Crippen molar-refractivity contribution in [1.29, 1.82) is 0 Å². The largest absolute Gasteiger partial charge is 0.504 e. The van der Waals surface area contributed by atoms with E-state index in [0.717, 1.165) is 5.56 Å². The second kappa shape index (κ2) is 2.60. The van der Waals surface area contributed by atoms with Crippen LogP contribution in [0.3, 0.4) is 0 Å². The van der Waals surface area contributed by atoms with E-state index in [4.69, 9.17) is 9.84 Å². The maximum absolute atomic E-state index is 9.17. The molecule has 10 heavy (non-hydrogen) atoms. The second-order valence-electron chi connectivity index (χ2n) is 2.13. The van der Waals surface area contributed by atoms with Gasteiger partial charge in [-0.2, -0.15) is 0 Å². The zero-order chi connectivity index (χ0) is 7.56. The van der Waals surface area contributed by atoms with Crippen LogP contribution in [0.1, 0.15) is 5.56 Å². The minimum absolute atomic E-state index is 0.197. The van der Waals surface area contributed by atoms with Gasteiger partial charge < -0.3 is 9.84 Å². The van der Waals surface area contributed by atoms with Gasteiger partial charge in [-0.1, -0.05) is 12.1 Å². The molecule has 1 aromatic rings. The van der Waals surface area contributed by atoms with E-state index in [2.05, 4.69) is 0 Å².